The van der Waals surface area contributed by atoms with Crippen molar-refractivity contribution >= 4 is 23.3 Å². The summed E-state index contributed by atoms with van der Waals surface area (Å²) in [5.41, 5.74) is 1.53. The van der Waals surface area contributed by atoms with Gasteiger partial charge in [0.1, 0.15) is 0 Å². The second-order valence-corrected chi connectivity index (χ2v) is 4.01. The molecule has 5 heteroatoms. The van der Waals surface area contributed by atoms with Crippen molar-refractivity contribution in [1.29, 1.82) is 0 Å². The Kier molecular flexibility index (Phi) is 3.89. The summed E-state index contributed by atoms with van der Waals surface area (Å²) in [5.74, 6) is -0.284. The molecule has 0 aliphatic carbocycles. The monoisotopic (exact) mass is 265 g/mol. The number of rotatable bonds is 4. The highest BCUT2D eigenvalue weighted by Gasteiger charge is 2.15. The van der Waals surface area contributed by atoms with Gasteiger partial charge in [0, 0.05) is 12.1 Å². The maximum Gasteiger partial charge on any atom is 0.374 e. The molecular formula is C13H12ClNO3. The number of carbonyl (C=O) groups excluding carboxylic acids is 1. The second kappa shape index (κ2) is 5.60. The number of carbonyl (C=O) groups is 1. The topological polar surface area (TPSA) is 51.5 Å². The average molecular weight is 266 g/mol. The van der Waals surface area contributed by atoms with Gasteiger partial charge in [-0.15, -0.1) is 0 Å². The van der Waals surface area contributed by atoms with Gasteiger partial charge in [0.2, 0.25) is 5.76 Å². The van der Waals surface area contributed by atoms with Gasteiger partial charge in [-0.1, -0.05) is 23.7 Å². The normalized spacial score (nSPS) is 10.1. The molecule has 4 nitrogen and oxygen atoms in total. The first-order chi connectivity index (χ1) is 8.72. The summed E-state index contributed by atoms with van der Waals surface area (Å²) in [6.07, 6.45) is 1.45. The van der Waals surface area contributed by atoms with Crippen LogP contribution in [0.2, 0.25) is 5.02 Å². The van der Waals surface area contributed by atoms with Crippen molar-refractivity contribution in [3.05, 3.63) is 52.9 Å². The lowest BCUT2D eigenvalue weighted by atomic mass is 10.2. The Hall–Kier alpha value is -1.94. The van der Waals surface area contributed by atoms with Crippen molar-refractivity contribution < 1.29 is 13.9 Å². The highest BCUT2D eigenvalue weighted by Crippen LogP contribution is 2.22. The number of anilines is 1. The first-order valence-electron chi connectivity index (χ1n) is 5.35. The molecule has 18 heavy (non-hydrogen) atoms. The zero-order valence-electron chi connectivity index (χ0n) is 9.77. The first-order valence-corrected chi connectivity index (χ1v) is 5.73. The number of benzene rings is 1. The maximum atomic E-state index is 11.4. The standard InChI is InChI=1S/C13H12ClNO3/c1-17-13(16)12-9(6-7-18-12)8-15-11-5-3-2-4-10(11)14/h2-7,15H,8H2,1H3. The Morgan fingerprint density at radius 1 is 1.39 bits per heavy atom. The lowest BCUT2D eigenvalue weighted by molar-refractivity contribution is 0.0563. The van der Waals surface area contributed by atoms with Gasteiger partial charge in [0.05, 0.1) is 24.1 Å². The molecular weight excluding hydrogens is 254 g/mol. The fourth-order valence-electron chi connectivity index (χ4n) is 1.54. The highest BCUT2D eigenvalue weighted by atomic mass is 35.5. The molecule has 0 fully saturated rings. The molecule has 0 atom stereocenters. The van der Waals surface area contributed by atoms with Crippen molar-refractivity contribution in [2.75, 3.05) is 12.4 Å². The van der Waals surface area contributed by atoms with Gasteiger partial charge in [0.25, 0.3) is 0 Å². The molecule has 0 radical (unpaired) electrons. The fraction of sp³-hybridized carbons (Fsp3) is 0.154. The molecule has 1 aromatic carbocycles. The number of para-hydroxylation sites is 1. The van der Waals surface area contributed by atoms with Crippen molar-refractivity contribution in [2.24, 2.45) is 0 Å². The lowest BCUT2D eigenvalue weighted by Crippen LogP contribution is -2.06. The molecule has 1 heterocycles. The van der Waals surface area contributed by atoms with Crippen LogP contribution in [0.15, 0.2) is 41.0 Å². The van der Waals surface area contributed by atoms with E-state index in [4.69, 9.17) is 16.0 Å². The minimum atomic E-state index is -0.490. The van der Waals surface area contributed by atoms with Gasteiger partial charge in [-0.3, -0.25) is 0 Å². The van der Waals surface area contributed by atoms with Crippen molar-refractivity contribution in [3.63, 3.8) is 0 Å². The second-order valence-electron chi connectivity index (χ2n) is 3.60. The largest absolute Gasteiger partial charge is 0.463 e. The minimum Gasteiger partial charge on any atom is -0.463 e. The summed E-state index contributed by atoms with van der Waals surface area (Å²) in [7, 11) is 1.32. The summed E-state index contributed by atoms with van der Waals surface area (Å²) in [6.45, 7) is 0.435. The maximum absolute atomic E-state index is 11.4. The zero-order chi connectivity index (χ0) is 13.0. The smallest absolute Gasteiger partial charge is 0.374 e. The molecule has 1 N–H and O–H groups in total. The number of furan rings is 1. The van der Waals surface area contributed by atoms with Crippen molar-refractivity contribution in [1.82, 2.24) is 0 Å². The number of methoxy groups -OCH3 is 1. The summed E-state index contributed by atoms with van der Waals surface area (Å²) < 4.78 is 9.71. The predicted molar refractivity (Wildman–Crippen MR) is 68.8 cm³/mol. The summed E-state index contributed by atoms with van der Waals surface area (Å²) in [6, 6.07) is 9.10. The zero-order valence-corrected chi connectivity index (χ0v) is 10.5. The van der Waals surface area contributed by atoms with E-state index in [1.165, 1.54) is 13.4 Å². The van der Waals surface area contributed by atoms with Gasteiger partial charge < -0.3 is 14.5 Å². The molecule has 94 valence electrons. The fourth-order valence-corrected chi connectivity index (χ4v) is 1.74. The molecule has 0 aliphatic rings. The van der Waals surface area contributed by atoms with Crippen LogP contribution in [0.1, 0.15) is 16.1 Å². The van der Waals surface area contributed by atoms with Gasteiger partial charge >= 0.3 is 5.97 Å². The summed E-state index contributed by atoms with van der Waals surface area (Å²) >= 11 is 6.02. The van der Waals surface area contributed by atoms with Crippen LogP contribution in [-0.4, -0.2) is 13.1 Å². The van der Waals surface area contributed by atoms with Crippen molar-refractivity contribution in [3.8, 4) is 0 Å². The number of halogens is 1. The molecule has 0 aliphatic heterocycles. The first kappa shape index (κ1) is 12.5. The molecule has 1 aromatic heterocycles. The van der Waals surface area contributed by atoms with Gasteiger partial charge in [-0.2, -0.15) is 0 Å². The van der Waals surface area contributed by atoms with Crippen LogP contribution >= 0.6 is 11.6 Å². The predicted octanol–water partition coefficient (Wildman–Crippen LogP) is 3.33. The van der Waals surface area contributed by atoms with E-state index in [0.717, 1.165) is 11.3 Å². The molecule has 0 saturated carbocycles. The number of hydrogen-bond donors (Lipinski definition) is 1. The van der Waals surface area contributed by atoms with E-state index in [0.29, 0.717) is 11.6 Å². The SMILES string of the molecule is COC(=O)c1occc1CNc1ccccc1Cl. The van der Waals surface area contributed by atoms with Crippen LogP contribution in [0.25, 0.3) is 0 Å². The van der Waals surface area contributed by atoms with E-state index < -0.39 is 5.97 Å². The average Bonchev–Trinajstić information content (AvgIpc) is 2.85. The Balaban J connectivity index is 2.09. The third-order valence-electron chi connectivity index (χ3n) is 2.46. The minimum absolute atomic E-state index is 0.206. The van der Waals surface area contributed by atoms with Crippen LogP contribution in [0, 0.1) is 0 Å². The van der Waals surface area contributed by atoms with Gasteiger partial charge in [-0.25, -0.2) is 4.79 Å². The van der Waals surface area contributed by atoms with E-state index >= 15 is 0 Å². The van der Waals surface area contributed by atoms with Gasteiger partial charge in [-0.05, 0) is 18.2 Å². The van der Waals surface area contributed by atoms with Gasteiger partial charge in [0.15, 0.2) is 0 Å². The number of esters is 1. The van der Waals surface area contributed by atoms with E-state index in [2.05, 4.69) is 10.1 Å². The molecule has 0 saturated heterocycles. The Bertz CT molecular complexity index is 551. The Morgan fingerprint density at radius 2 is 2.17 bits per heavy atom. The van der Waals surface area contributed by atoms with Crippen LogP contribution < -0.4 is 5.32 Å². The molecule has 2 rings (SSSR count). The molecule has 0 spiro atoms. The molecule has 0 bridgehead atoms. The summed E-state index contributed by atoms with van der Waals surface area (Å²) in [4.78, 5) is 11.4. The molecule has 0 amide bonds. The Morgan fingerprint density at radius 3 is 2.89 bits per heavy atom. The molecule has 2 aromatic rings. The van der Waals surface area contributed by atoms with Crippen LogP contribution in [-0.2, 0) is 11.3 Å². The number of ether oxygens (including phenoxy) is 1. The molecule has 0 unspecified atom stereocenters. The lowest BCUT2D eigenvalue weighted by Gasteiger charge is -2.07. The van der Waals surface area contributed by atoms with E-state index in [-0.39, 0.29) is 5.76 Å². The third-order valence-corrected chi connectivity index (χ3v) is 2.79. The third kappa shape index (κ3) is 2.65. The van der Waals surface area contributed by atoms with Crippen molar-refractivity contribution in [2.45, 2.75) is 6.54 Å². The van der Waals surface area contributed by atoms with Crippen LogP contribution in [0.3, 0.4) is 0 Å². The quantitative estimate of drug-likeness (QED) is 0.862. The highest BCUT2D eigenvalue weighted by molar-refractivity contribution is 6.33. The van der Waals surface area contributed by atoms with E-state index in [9.17, 15) is 4.79 Å². The number of nitrogens with one attached hydrogen (secondary N) is 1. The summed E-state index contributed by atoms with van der Waals surface area (Å²) in [5, 5.41) is 3.76. The number of hydrogen-bond acceptors (Lipinski definition) is 4. The van der Waals surface area contributed by atoms with E-state index in [1.807, 2.05) is 18.2 Å². The van der Waals surface area contributed by atoms with Crippen LogP contribution in [0.5, 0.6) is 0 Å². The van der Waals surface area contributed by atoms with E-state index in [1.54, 1.807) is 12.1 Å². The Labute approximate surface area is 110 Å². The van der Waals surface area contributed by atoms with Crippen LogP contribution in [0.4, 0.5) is 5.69 Å².